The molecular weight excluding hydrogens is 328 g/mol. The van der Waals surface area contributed by atoms with Crippen LogP contribution in [0.2, 0.25) is 0 Å². The van der Waals surface area contributed by atoms with E-state index in [1.54, 1.807) is 30.3 Å². The van der Waals surface area contributed by atoms with Crippen LogP contribution in [0.1, 0.15) is 36.7 Å². The van der Waals surface area contributed by atoms with Gasteiger partial charge in [0.05, 0.1) is 5.69 Å². The molecule has 0 atom stereocenters. The Bertz CT molecular complexity index is 747. The molecule has 2 N–H and O–H groups in total. The van der Waals surface area contributed by atoms with Crippen molar-refractivity contribution >= 4 is 11.6 Å². The smallest absolute Gasteiger partial charge is 0.255 e. The van der Waals surface area contributed by atoms with Crippen molar-refractivity contribution < 1.29 is 14.6 Å². The summed E-state index contributed by atoms with van der Waals surface area (Å²) in [6, 6.07) is 12.3. The van der Waals surface area contributed by atoms with Crippen molar-refractivity contribution in [1.29, 1.82) is 0 Å². The van der Waals surface area contributed by atoms with Gasteiger partial charge in [-0.1, -0.05) is 26.8 Å². The van der Waals surface area contributed by atoms with E-state index in [9.17, 15) is 9.90 Å². The maximum absolute atomic E-state index is 12.5. The Balaban J connectivity index is 2.06. The summed E-state index contributed by atoms with van der Waals surface area (Å²) in [6.07, 6.45) is 0. The number of nitrogens with one attached hydrogen (secondary N) is 1. The van der Waals surface area contributed by atoms with Gasteiger partial charge in [-0.05, 0) is 61.5 Å². The number of phenols is 1. The van der Waals surface area contributed by atoms with Crippen LogP contribution in [0.15, 0.2) is 42.5 Å². The quantitative estimate of drug-likeness (QED) is 0.771. The van der Waals surface area contributed by atoms with Gasteiger partial charge in [0.15, 0.2) is 0 Å². The maximum atomic E-state index is 12.5. The van der Waals surface area contributed by atoms with E-state index in [0.29, 0.717) is 17.9 Å². The number of nitrogens with zero attached hydrogens (tertiary/aromatic N) is 1. The normalized spacial score (nSPS) is 11.5. The van der Waals surface area contributed by atoms with Crippen molar-refractivity contribution in [3.63, 3.8) is 0 Å². The van der Waals surface area contributed by atoms with Crippen molar-refractivity contribution in [2.24, 2.45) is 0 Å². The third-order valence-corrected chi connectivity index (χ3v) is 4.03. The molecule has 5 nitrogen and oxygen atoms in total. The first-order chi connectivity index (χ1) is 12.2. The predicted molar refractivity (Wildman–Crippen MR) is 105 cm³/mol. The molecule has 2 aromatic carbocycles. The molecule has 0 aliphatic rings. The summed E-state index contributed by atoms with van der Waals surface area (Å²) in [5, 5.41) is 12.8. The number of phenolic OH excluding ortho intramolecular Hbond substituents is 1. The van der Waals surface area contributed by atoms with E-state index in [2.05, 4.69) is 26.1 Å². The summed E-state index contributed by atoms with van der Waals surface area (Å²) in [7, 11) is 3.97. The molecule has 0 spiro atoms. The van der Waals surface area contributed by atoms with Crippen LogP contribution in [0, 0.1) is 0 Å². The third-order valence-electron chi connectivity index (χ3n) is 4.03. The SMILES string of the molecule is CN(C)CCOc1ccc(C(=O)Nc2cc(C(C)(C)C)ccc2O)cc1. The minimum atomic E-state index is -0.272. The standard InChI is InChI=1S/C21H28N2O3/c1-21(2,3)16-8-11-19(24)18(14-16)22-20(25)15-6-9-17(10-7-15)26-13-12-23(4)5/h6-11,14,24H,12-13H2,1-5H3,(H,22,25). The zero-order chi connectivity index (χ0) is 19.3. The molecule has 2 aromatic rings. The van der Waals surface area contributed by atoms with Crippen molar-refractivity contribution in [1.82, 2.24) is 4.90 Å². The molecule has 0 aromatic heterocycles. The molecule has 140 valence electrons. The molecule has 2 rings (SSSR count). The molecule has 1 amide bonds. The number of benzene rings is 2. The molecule has 0 aliphatic carbocycles. The van der Waals surface area contributed by atoms with E-state index in [4.69, 9.17) is 4.74 Å². The average molecular weight is 356 g/mol. The van der Waals surface area contributed by atoms with E-state index in [0.717, 1.165) is 17.9 Å². The van der Waals surface area contributed by atoms with Gasteiger partial charge in [-0.2, -0.15) is 0 Å². The van der Waals surface area contributed by atoms with E-state index < -0.39 is 0 Å². The lowest BCUT2D eigenvalue weighted by molar-refractivity contribution is 0.102. The van der Waals surface area contributed by atoms with Crippen LogP contribution in [0.4, 0.5) is 5.69 Å². The molecule has 0 radical (unpaired) electrons. The van der Waals surface area contributed by atoms with E-state index in [1.807, 2.05) is 31.1 Å². The Morgan fingerprint density at radius 3 is 2.35 bits per heavy atom. The van der Waals surface area contributed by atoms with Crippen molar-refractivity contribution in [2.45, 2.75) is 26.2 Å². The predicted octanol–water partition coefficient (Wildman–Crippen LogP) is 3.88. The number of ether oxygens (including phenoxy) is 1. The number of likely N-dealkylation sites (N-methyl/N-ethyl adjacent to an activating group) is 1. The molecular formula is C21H28N2O3. The average Bonchev–Trinajstić information content (AvgIpc) is 2.56. The molecule has 0 unspecified atom stereocenters. The Morgan fingerprint density at radius 2 is 1.77 bits per heavy atom. The Labute approximate surface area is 155 Å². The second-order valence-electron chi connectivity index (χ2n) is 7.61. The summed E-state index contributed by atoms with van der Waals surface area (Å²) in [6.45, 7) is 7.66. The fourth-order valence-electron chi connectivity index (χ4n) is 2.35. The lowest BCUT2D eigenvalue weighted by Gasteiger charge is -2.20. The van der Waals surface area contributed by atoms with Gasteiger partial charge < -0.3 is 20.1 Å². The van der Waals surface area contributed by atoms with Crippen LogP contribution >= 0.6 is 0 Å². The highest BCUT2D eigenvalue weighted by Gasteiger charge is 2.17. The first-order valence-electron chi connectivity index (χ1n) is 8.69. The first kappa shape index (κ1) is 19.8. The van der Waals surface area contributed by atoms with Gasteiger partial charge in [0.2, 0.25) is 0 Å². The number of amides is 1. The van der Waals surface area contributed by atoms with Crippen molar-refractivity contribution in [3.8, 4) is 11.5 Å². The van der Waals surface area contributed by atoms with Crippen LogP contribution in [0.5, 0.6) is 11.5 Å². The number of hydrogen-bond acceptors (Lipinski definition) is 4. The number of rotatable bonds is 6. The summed E-state index contributed by atoms with van der Waals surface area (Å²) < 4.78 is 5.63. The lowest BCUT2D eigenvalue weighted by atomic mass is 9.87. The first-order valence-corrected chi connectivity index (χ1v) is 8.69. The van der Waals surface area contributed by atoms with Gasteiger partial charge in [0, 0.05) is 12.1 Å². The number of carbonyl (C=O) groups is 1. The third kappa shape index (κ3) is 5.49. The van der Waals surface area contributed by atoms with Gasteiger partial charge in [-0.15, -0.1) is 0 Å². The number of anilines is 1. The molecule has 0 saturated carbocycles. The second kappa shape index (κ2) is 8.23. The highest BCUT2D eigenvalue weighted by molar-refractivity contribution is 6.05. The molecule has 5 heteroatoms. The minimum Gasteiger partial charge on any atom is -0.506 e. The van der Waals surface area contributed by atoms with Crippen LogP contribution < -0.4 is 10.1 Å². The lowest BCUT2D eigenvalue weighted by Crippen LogP contribution is -2.19. The molecule has 0 saturated heterocycles. The highest BCUT2D eigenvalue weighted by atomic mass is 16.5. The topological polar surface area (TPSA) is 61.8 Å². The van der Waals surface area contributed by atoms with Gasteiger partial charge in [0.25, 0.3) is 5.91 Å². The van der Waals surface area contributed by atoms with Crippen LogP contribution in [0.3, 0.4) is 0 Å². The summed E-state index contributed by atoms with van der Waals surface area (Å²) in [5.74, 6) is 0.502. The van der Waals surface area contributed by atoms with Crippen LogP contribution in [-0.4, -0.2) is 43.2 Å². The number of aromatic hydroxyl groups is 1. The van der Waals surface area contributed by atoms with E-state index in [-0.39, 0.29) is 17.1 Å². The summed E-state index contributed by atoms with van der Waals surface area (Å²) >= 11 is 0. The summed E-state index contributed by atoms with van der Waals surface area (Å²) in [4.78, 5) is 14.5. The molecule has 0 aliphatic heterocycles. The molecule has 26 heavy (non-hydrogen) atoms. The monoisotopic (exact) mass is 356 g/mol. The van der Waals surface area contributed by atoms with E-state index >= 15 is 0 Å². The zero-order valence-electron chi connectivity index (χ0n) is 16.2. The molecule has 0 bridgehead atoms. The van der Waals surface area contributed by atoms with Crippen molar-refractivity contribution in [2.75, 3.05) is 32.6 Å². The maximum Gasteiger partial charge on any atom is 0.255 e. The fourth-order valence-corrected chi connectivity index (χ4v) is 2.35. The van der Waals surface area contributed by atoms with Gasteiger partial charge in [-0.25, -0.2) is 0 Å². The highest BCUT2D eigenvalue weighted by Crippen LogP contribution is 2.31. The number of carbonyl (C=O) groups excluding carboxylic acids is 1. The summed E-state index contributed by atoms with van der Waals surface area (Å²) in [5.41, 5.74) is 1.88. The van der Waals surface area contributed by atoms with Crippen LogP contribution in [0.25, 0.3) is 0 Å². The van der Waals surface area contributed by atoms with Gasteiger partial charge in [0.1, 0.15) is 18.1 Å². The number of hydrogen-bond donors (Lipinski definition) is 2. The molecule has 0 heterocycles. The van der Waals surface area contributed by atoms with Gasteiger partial charge in [-0.3, -0.25) is 4.79 Å². The Hall–Kier alpha value is -2.53. The van der Waals surface area contributed by atoms with Crippen molar-refractivity contribution in [3.05, 3.63) is 53.6 Å². The van der Waals surface area contributed by atoms with Gasteiger partial charge >= 0.3 is 0 Å². The largest absolute Gasteiger partial charge is 0.506 e. The van der Waals surface area contributed by atoms with Crippen LogP contribution in [-0.2, 0) is 5.41 Å². The Kier molecular flexibility index (Phi) is 6.27. The fraction of sp³-hybridized carbons (Fsp3) is 0.381. The molecule has 0 fully saturated rings. The second-order valence-corrected chi connectivity index (χ2v) is 7.61. The Morgan fingerprint density at radius 1 is 1.12 bits per heavy atom. The van der Waals surface area contributed by atoms with E-state index in [1.165, 1.54) is 0 Å². The zero-order valence-corrected chi connectivity index (χ0v) is 16.2. The minimum absolute atomic E-state index is 0.0509.